The predicted octanol–water partition coefficient (Wildman–Crippen LogP) is 2.41. The molecule has 176 valence electrons. The van der Waals surface area contributed by atoms with Crippen LogP contribution < -0.4 is 4.90 Å². The fourth-order valence-corrected chi connectivity index (χ4v) is 5.02. The van der Waals surface area contributed by atoms with Crippen LogP contribution in [0.2, 0.25) is 0 Å². The molecule has 0 saturated carbocycles. The number of ketones is 1. The number of nitro benzene ring substituents is 2. The van der Waals surface area contributed by atoms with Crippen molar-refractivity contribution in [3.63, 3.8) is 0 Å². The molecule has 0 spiro atoms. The van der Waals surface area contributed by atoms with E-state index in [2.05, 4.69) is 5.10 Å². The molecule has 2 saturated heterocycles. The number of aryl methyl sites for hydroxylation is 1. The van der Waals surface area contributed by atoms with E-state index in [1.165, 1.54) is 47.6 Å². The maximum Gasteiger partial charge on any atom is 0.270 e. The number of Topliss-reactive ketones (excluding diaryl/α,β-unsaturated/α-hetero) is 1. The van der Waals surface area contributed by atoms with Crippen molar-refractivity contribution in [3.8, 4) is 0 Å². The van der Waals surface area contributed by atoms with Crippen LogP contribution in [0, 0.1) is 39.0 Å². The van der Waals surface area contributed by atoms with Crippen molar-refractivity contribution in [3.05, 3.63) is 86.0 Å². The molecule has 0 aliphatic carbocycles. The van der Waals surface area contributed by atoms with E-state index in [0.717, 1.165) is 11.0 Å². The number of non-ortho nitro benzene ring substituents is 2. The molecule has 3 aliphatic rings. The minimum Gasteiger partial charge on any atom is -0.292 e. The van der Waals surface area contributed by atoms with Crippen LogP contribution in [-0.2, 0) is 9.59 Å². The number of carbonyl (C=O) groups is 3. The number of carbonyl (C=O) groups excluding carboxylic acids is 3. The van der Waals surface area contributed by atoms with E-state index in [0.29, 0.717) is 5.56 Å². The molecule has 4 unspecified atom stereocenters. The fraction of sp³-hybridized carbons (Fsp3) is 0.217. The third-order valence-corrected chi connectivity index (χ3v) is 6.53. The summed E-state index contributed by atoms with van der Waals surface area (Å²) in [5.41, 5.74) is 0.132. The topological polar surface area (TPSA) is 156 Å². The van der Waals surface area contributed by atoms with Crippen LogP contribution in [-0.4, -0.2) is 50.8 Å². The highest BCUT2D eigenvalue weighted by atomic mass is 16.6. The molecular weight excluding hydrogens is 458 g/mol. The number of nitro groups is 2. The molecule has 12 nitrogen and oxygen atoms in total. The third-order valence-electron chi connectivity index (χ3n) is 6.53. The molecule has 35 heavy (non-hydrogen) atoms. The maximum absolute atomic E-state index is 13.6. The van der Waals surface area contributed by atoms with E-state index in [4.69, 9.17) is 0 Å². The Kier molecular flexibility index (Phi) is 5.01. The number of nitrogens with zero attached hydrogens (tertiary/aromatic N) is 5. The summed E-state index contributed by atoms with van der Waals surface area (Å²) in [4.78, 5) is 62.8. The van der Waals surface area contributed by atoms with Crippen LogP contribution in [0.25, 0.3) is 0 Å². The second kappa shape index (κ2) is 7.94. The maximum atomic E-state index is 13.6. The van der Waals surface area contributed by atoms with Crippen LogP contribution in [0.1, 0.15) is 15.9 Å². The number of anilines is 1. The van der Waals surface area contributed by atoms with E-state index in [1.807, 2.05) is 0 Å². The van der Waals surface area contributed by atoms with Gasteiger partial charge in [0.2, 0.25) is 11.8 Å². The van der Waals surface area contributed by atoms with Gasteiger partial charge in [0.25, 0.3) is 11.4 Å². The van der Waals surface area contributed by atoms with Gasteiger partial charge in [-0.15, -0.1) is 0 Å². The Hall–Kier alpha value is -4.74. The summed E-state index contributed by atoms with van der Waals surface area (Å²) >= 11 is 0. The van der Waals surface area contributed by atoms with Crippen molar-refractivity contribution in [1.82, 2.24) is 5.01 Å². The number of fused-ring (bicyclic) bond motifs is 3. The number of imide groups is 1. The van der Waals surface area contributed by atoms with Gasteiger partial charge >= 0.3 is 0 Å². The van der Waals surface area contributed by atoms with Gasteiger partial charge in [0.1, 0.15) is 6.04 Å². The molecule has 2 amide bonds. The zero-order chi connectivity index (χ0) is 25.0. The molecule has 5 rings (SSSR count). The number of hydrogen-bond acceptors (Lipinski definition) is 9. The van der Waals surface area contributed by atoms with Gasteiger partial charge in [-0.05, 0) is 24.6 Å². The van der Waals surface area contributed by atoms with E-state index in [1.54, 1.807) is 19.1 Å². The summed E-state index contributed by atoms with van der Waals surface area (Å²) in [6.07, 6.45) is 4.75. The third kappa shape index (κ3) is 3.29. The average Bonchev–Trinajstić information content (AvgIpc) is 3.31. The van der Waals surface area contributed by atoms with Gasteiger partial charge in [-0.3, -0.25) is 39.6 Å². The van der Waals surface area contributed by atoms with Gasteiger partial charge in [0, 0.05) is 36.0 Å². The molecule has 2 fully saturated rings. The van der Waals surface area contributed by atoms with Crippen LogP contribution in [0.4, 0.5) is 17.1 Å². The van der Waals surface area contributed by atoms with Gasteiger partial charge in [0.15, 0.2) is 5.78 Å². The van der Waals surface area contributed by atoms with Gasteiger partial charge in [-0.25, -0.2) is 4.90 Å². The van der Waals surface area contributed by atoms with Crippen molar-refractivity contribution < 1.29 is 24.2 Å². The van der Waals surface area contributed by atoms with Crippen molar-refractivity contribution in [1.29, 1.82) is 0 Å². The number of hydrogen-bond donors (Lipinski definition) is 0. The lowest BCUT2D eigenvalue weighted by atomic mass is 9.86. The predicted molar refractivity (Wildman–Crippen MR) is 122 cm³/mol. The van der Waals surface area contributed by atoms with Gasteiger partial charge in [-0.2, -0.15) is 5.10 Å². The van der Waals surface area contributed by atoms with Crippen molar-refractivity contribution in [2.45, 2.75) is 19.0 Å². The highest BCUT2D eigenvalue weighted by Gasteiger charge is 2.64. The first-order valence-corrected chi connectivity index (χ1v) is 10.6. The Morgan fingerprint density at radius 3 is 2.34 bits per heavy atom. The lowest BCUT2D eigenvalue weighted by Gasteiger charge is -2.30. The monoisotopic (exact) mass is 475 g/mol. The number of benzene rings is 2. The smallest absolute Gasteiger partial charge is 0.270 e. The summed E-state index contributed by atoms with van der Waals surface area (Å²) in [6, 6.07) is 7.17. The van der Waals surface area contributed by atoms with E-state index >= 15 is 0 Å². The number of allylic oxidation sites excluding steroid dienone is 1. The lowest BCUT2D eigenvalue weighted by molar-refractivity contribution is -0.385. The SMILES string of the molecule is Cc1cc([N+](=O)[O-])ccc1N1C(=O)C2C(C1=O)C(C(=O)c1cccc([N+](=O)[O-])c1)N1N=CC=CC21. The van der Waals surface area contributed by atoms with E-state index < -0.39 is 51.4 Å². The van der Waals surface area contributed by atoms with Crippen molar-refractivity contribution in [2.75, 3.05) is 4.90 Å². The Morgan fingerprint density at radius 1 is 0.971 bits per heavy atom. The molecule has 0 N–H and O–H groups in total. The molecule has 2 aromatic rings. The van der Waals surface area contributed by atoms with Crippen molar-refractivity contribution in [2.24, 2.45) is 16.9 Å². The fourth-order valence-electron chi connectivity index (χ4n) is 5.02. The quantitative estimate of drug-likeness (QED) is 0.276. The zero-order valence-corrected chi connectivity index (χ0v) is 18.2. The largest absolute Gasteiger partial charge is 0.292 e. The summed E-state index contributed by atoms with van der Waals surface area (Å²) in [5, 5.41) is 28.0. The molecule has 3 aliphatic heterocycles. The van der Waals surface area contributed by atoms with E-state index in [9.17, 15) is 34.6 Å². The molecule has 3 heterocycles. The molecular formula is C23H17N5O7. The Labute approximate surface area is 197 Å². The normalized spacial score (nSPS) is 24.5. The zero-order valence-electron chi connectivity index (χ0n) is 18.2. The molecule has 0 radical (unpaired) electrons. The highest BCUT2D eigenvalue weighted by Crippen LogP contribution is 2.47. The first-order valence-electron chi connectivity index (χ1n) is 10.6. The number of rotatable bonds is 5. The number of hydrazone groups is 1. The molecule has 0 aromatic heterocycles. The first kappa shape index (κ1) is 22.1. The minimum absolute atomic E-state index is 0.0265. The second-order valence-electron chi connectivity index (χ2n) is 8.43. The summed E-state index contributed by atoms with van der Waals surface area (Å²) < 4.78 is 0. The average molecular weight is 475 g/mol. The minimum atomic E-state index is -1.16. The molecule has 0 bridgehead atoms. The highest BCUT2D eigenvalue weighted by molar-refractivity contribution is 6.25. The van der Waals surface area contributed by atoms with Crippen LogP contribution >= 0.6 is 0 Å². The first-order chi connectivity index (χ1) is 16.7. The van der Waals surface area contributed by atoms with Crippen LogP contribution in [0.5, 0.6) is 0 Å². The van der Waals surface area contributed by atoms with Gasteiger partial charge in [0.05, 0.1) is 33.4 Å². The van der Waals surface area contributed by atoms with Gasteiger partial charge < -0.3 is 0 Å². The summed E-state index contributed by atoms with van der Waals surface area (Å²) in [7, 11) is 0. The Morgan fingerprint density at radius 2 is 1.66 bits per heavy atom. The summed E-state index contributed by atoms with van der Waals surface area (Å²) in [6.45, 7) is 1.56. The van der Waals surface area contributed by atoms with Crippen LogP contribution in [0.15, 0.2) is 59.7 Å². The molecule has 4 atom stereocenters. The standard InChI is InChI=1S/C23H17N5O7/c1-12-10-15(28(34)35)7-8-16(12)25-22(30)18-17-6-3-9-24-26(17)20(19(18)23(25)31)21(29)13-4-2-5-14(11-13)27(32)33/h2-11,17-20H,1H3. The lowest BCUT2D eigenvalue weighted by Crippen LogP contribution is -2.46. The molecule has 2 aromatic carbocycles. The van der Waals surface area contributed by atoms with Crippen molar-refractivity contribution >= 4 is 40.9 Å². The number of amides is 2. The Bertz CT molecular complexity index is 1380. The summed E-state index contributed by atoms with van der Waals surface area (Å²) in [5.74, 6) is -3.74. The van der Waals surface area contributed by atoms with E-state index in [-0.39, 0.29) is 22.6 Å². The Balaban J connectivity index is 1.57. The van der Waals surface area contributed by atoms with Crippen LogP contribution in [0.3, 0.4) is 0 Å². The molecule has 12 heteroatoms. The second-order valence-corrected chi connectivity index (χ2v) is 8.43. The van der Waals surface area contributed by atoms with Gasteiger partial charge in [-0.1, -0.05) is 18.2 Å².